The molecule has 112 valence electrons. The number of hydrogen-bond donors (Lipinski definition) is 0. The smallest absolute Gasteiger partial charge is 0.138 e. The summed E-state index contributed by atoms with van der Waals surface area (Å²) < 4.78 is 7.37. The maximum Gasteiger partial charge on any atom is 0.138 e. The van der Waals surface area contributed by atoms with Gasteiger partial charge in [-0.1, -0.05) is 24.6 Å². The minimum Gasteiger partial charge on any atom is -0.380 e. The van der Waals surface area contributed by atoms with E-state index in [4.69, 9.17) is 16.3 Å². The molecule has 0 spiro atoms. The average molecular weight is 307 g/mol. The first-order valence-corrected chi connectivity index (χ1v) is 7.53. The number of ether oxygens (including phenoxy) is 1. The highest BCUT2D eigenvalue weighted by Crippen LogP contribution is 2.21. The van der Waals surface area contributed by atoms with Crippen molar-refractivity contribution in [2.24, 2.45) is 5.92 Å². The van der Waals surface area contributed by atoms with E-state index in [2.05, 4.69) is 28.0 Å². The van der Waals surface area contributed by atoms with Gasteiger partial charge >= 0.3 is 0 Å². The van der Waals surface area contributed by atoms with Crippen LogP contribution in [-0.4, -0.2) is 46.0 Å². The lowest BCUT2D eigenvalue weighted by Crippen LogP contribution is -2.29. The van der Waals surface area contributed by atoms with E-state index in [9.17, 15) is 0 Å². The first kappa shape index (κ1) is 14.5. The predicted octanol–water partition coefficient (Wildman–Crippen LogP) is 2.39. The second-order valence-electron chi connectivity index (χ2n) is 5.53. The van der Waals surface area contributed by atoms with Crippen LogP contribution in [0.1, 0.15) is 12.5 Å². The molecule has 0 bridgehead atoms. The van der Waals surface area contributed by atoms with Crippen LogP contribution >= 0.6 is 11.6 Å². The molecule has 1 aliphatic heterocycles. The summed E-state index contributed by atoms with van der Waals surface area (Å²) in [5, 5.41) is 4.92. The molecule has 0 radical (unpaired) electrons. The molecule has 1 atom stereocenters. The molecule has 0 N–H and O–H groups in total. The molecule has 6 heteroatoms. The highest BCUT2D eigenvalue weighted by Gasteiger charge is 2.17. The lowest BCUT2D eigenvalue weighted by molar-refractivity contribution is 0.125. The van der Waals surface area contributed by atoms with Crippen LogP contribution in [0.25, 0.3) is 5.69 Å². The van der Waals surface area contributed by atoms with Gasteiger partial charge in [0.1, 0.15) is 12.7 Å². The number of benzene rings is 1. The largest absolute Gasteiger partial charge is 0.380 e. The summed E-state index contributed by atoms with van der Waals surface area (Å²) in [4.78, 5) is 6.44. The maximum absolute atomic E-state index is 6.13. The summed E-state index contributed by atoms with van der Waals surface area (Å²) >= 11 is 6.13. The summed E-state index contributed by atoms with van der Waals surface area (Å²) in [5.74, 6) is 0.551. The van der Waals surface area contributed by atoms with Gasteiger partial charge in [0.05, 0.1) is 18.9 Å². The van der Waals surface area contributed by atoms with Crippen LogP contribution in [0, 0.1) is 5.92 Å². The van der Waals surface area contributed by atoms with Crippen LogP contribution in [0.3, 0.4) is 0 Å². The predicted molar refractivity (Wildman–Crippen MR) is 81.6 cm³/mol. The lowest BCUT2D eigenvalue weighted by Gasteiger charge is -2.22. The van der Waals surface area contributed by atoms with Crippen molar-refractivity contribution in [2.45, 2.75) is 13.5 Å². The molecule has 1 fully saturated rings. The summed E-state index contributed by atoms with van der Waals surface area (Å²) in [6, 6.07) is 5.92. The van der Waals surface area contributed by atoms with Crippen molar-refractivity contribution in [2.75, 3.05) is 26.3 Å². The van der Waals surface area contributed by atoms with E-state index in [0.717, 1.165) is 38.5 Å². The zero-order chi connectivity index (χ0) is 14.7. The number of hydrogen-bond acceptors (Lipinski definition) is 4. The third-order valence-corrected chi connectivity index (χ3v) is 3.87. The minimum absolute atomic E-state index is 0.551. The Morgan fingerprint density at radius 2 is 2.33 bits per heavy atom. The molecule has 1 aromatic carbocycles. The highest BCUT2D eigenvalue weighted by atomic mass is 35.5. The molecule has 1 aromatic heterocycles. The number of nitrogens with zero attached hydrogens (tertiary/aromatic N) is 4. The summed E-state index contributed by atoms with van der Waals surface area (Å²) in [7, 11) is 0. The van der Waals surface area contributed by atoms with Crippen LogP contribution < -0.4 is 0 Å². The quantitative estimate of drug-likeness (QED) is 0.873. The van der Waals surface area contributed by atoms with E-state index in [1.165, 1.54) is 11.9 Å². The Morgan fingerprint density at radius 3 is 3.14 bits per heavy atom. The second-order valence-corrected chi connectivity index (χ2v) is 5.96. The molecular weight excluding hydrogens is 288 g/mol. The van der Waals surface area contributed by atoms with Crippen molar-refractivity contribution in [1.29, 1.82) is 0 Å². The molecule has 21 heavy (non-hydrogen) atoms. The second kappa shape index (κ2) is 6.56. The number of halogens is 1. The van der Waals surface area contributed by atoms with Gasteiger partial charge in [0, 0.05) is 24.7 Å². The molecule has 3 rings (SSSR count). The zero-order valence-electron chi connectivity index (χ0n) is 12.1. The van der Waals surface area contributed by atoms with Crippen molar-refractivity contribution in [3.05, 3.63) is 41.4 Å². The van der Waals surface area contributed by atoms with Gasteiger partial charge in [-0.05, 0) is 23.6 Å². The Kier molecular flexibility index (Phi) is 4.53. The first-order valence-electron chi connectivity index (χ1n) is 7.16. The monoisotopic (exact) mass is 306 g/mol. The number of aromatic nitrogens is 3. The molecule has 0 amide bonds. The normalized spacial score (nSPS) is 20.4. The van der Waals surface area contributed by atoms with Gasteiger partial charge in [0.15, 0.2) is 0 Å². The van der Waals surface area contributed by atoms with Gasteiger partial charge in [-0.3, -0.25) is 4.90 Å². The number of rotatable bonds is 3. The third kappa shape index (κ3) is 3.61. The van der Waals surface area contributed by atoms with E-state index in [-0.39, 0.29) is 0 Å². The third-order valence-electron chi connectivity index (χ3n) is 3.63. The minimum atomic E-state index is 0.551. The van der Waals surface area contributed by atoms with Crippen molar-refractivity contribution in [3.8, 4) is 5.69 Å². The molecule has 2 heterocycles. The molecule has 1 saturated heterocycles. The Labute approximate surface area is 129 Å². The average Bonchev–Trinajstić information content (AvgIpc) is 2.91. The van der Waals surface area contributed by atoms with Crippen LogP contribution in [0.15, 0.2) is 30.9 Å². The lowest BCUT2D eigenvalue weighted by atomic mass is 10.1. The maximum atomic E-state index is 6.13. The SMILES string of the molecule is CC1COCCN(Cc2ccc(Cl)cc2-n2cncn2)C1. The van der Waals surface area contributed by atoms with Crippen molar-refractivity contribution in [1.82, 2.24) is 19.7 Å². The summed E-state index contributed by atoms with van der Waals surface area (Å²) in [6.07, 6.45) is 3.23. The Morgan fingerprint density at radius 1 is 1.43 bits per heavy atom. The fourth-order valence-electron chi connectivity index (χ4n) is 2.66. The van der Waals surface area contributed by atoms with Crippen LogP contribution in [0.5, 0.6) is 0 Å². The summed E-state index contributed by atoms with van der Waals surface area (Å²) in [5.41, 5.74) is 2.18. The van der Waals surface area contributed by atoms with Crippen LogP contribution in [0.4, 0.5) is 0 Å². The zero-order valence-corrected chi connectivity index (χ0v) is 12.8. The van der Waals surface area contributed by atoms with Crippen molar-refractivity contribution >= 4 is 11.6 Å². The first-order chi connectivity index (χ1) is 10.2. The van der Waals surface area contributed by atoms with Crippen LogP contribution in [0.2, 0.25) is 5.02 Å². The Hall–Kier alpha value is -1.43. The van der Waals surface area contributed by atoms with Gasteiger partial charge in [0.25, 0.3) is 0 Å². The van der Waals surface area contributed by atoms with Crippen LogP contribution in [-0.2, 0) is 11.3 Å². The van der Waals surface area contributed by atoms with Crippen molar-refractivity contribution < 1.29 is 4.74 Å². The standard InChI is InChI=1S/C15H19ClN4O/c1-12-7-19(4-5-21-9-12)8-13-2-3-14(16)6-15(13)20-11-17-10-18-20/h2-3,6,10-12H,4-5,7-9H2,1H3. The Bertz CT molecular complexity index is 587. The van der Waals surface area contributed by atoms with Gasteiger partial charge in [-0.2, -0.15) is 5.10 Å². The van der Waals surface area contributed by atoms with E-state index < -0.39 is 0 Å². The molecule has 2 aromatic rings. The van der Waals surface area contributed by atoms with Gasteiger partial charge in [0.2, 0.25) is 0 Å². The molecule has 0 saturated carbocycles. The molecule has 1 unspecified atom stereocenters. The summed E-state index contributed by atoms with van der Waals surface area (Å²) in [6.45, 7) is 6.70. The van der Waals surface area contributed by atoms with E-state index in [0.29, 0.717) is 10.9 Å². The fourth-order valence-corrected chi connectivity index (χ4v) is 2.83. The van der Waals surface area contributed by atoms with E-state index in [1.54, 1.807) is 11.0 Å². The molecule has 1 aliphatic rings. The van der Waals surface area contributed by atoms with Gasteiger partial charge in [-0.15, -0.1) is 0 Å². The van der Waals surface area contributed by atoms with Crippen molar-refractivity contribution in [3.63, 3.8) is 0 Å². The van der Waals surface area contributed by atoms with E-state index >= 15 is 0 Å². The topological polar surface area (TPSA) is 43.2 Å². The van der Waals surface area contributed by atoms with Gasteiger partial charge < -0.3 is 4.74 Å². The highest BCUT2D eigenvalue weighted by molar-refractivity contribution is 6.30. The molecular formula is C15H19ClN4O. The molecule has 5 nitrogen and oxygen atoms in total. The Balaban J connectivity index is 1.84. The van der Waals surface area contributed by atoms with Gasteiger partial charge in [-0.25, -0.2) is 9.67 Å². The fraction of sp³-hybridized carbons (Fsp3) is 0.467. The van der Waals surface area contributed by atoms with E-state index in [1.807, 2.05) is 12.1 Å². The molecule has 0 aliphatic carbocycles.